The SMILES string of the molecule is COC(=O)C(C(=O)OC)=C(/C(Br)=C(/c1ccc(Cl)cc1)C(C)(C)C)N(C)C. The van der Waals surface area contributed by atoms with Crippen LogP contribution in [-0.4, -0.2) is 45.2 Å². The topological polar surface area (TPSA) is 55.8 Å². The van der Waals surface area contributed by atoms with Gasteiger partial charge in [0.05, 0.1) is 19.9 Å². The van der Waals surface area contributed by atoms with Crippen LogP contribution in [-0.2, 0) is 19.1 Å². The molecule has 0 radical (unpaired) electrons. The highest BCUT2D eigenvalue weighted by molar-refractivity contribution is 9.12. The van der Waals surface area contributed by atoms with Crippen LogP contribution < -0.4 is 0 Å². The summed E-state index contributed by atoms with van der Waals surface area (Å²) >= 11 is 9.66. The summed E-state index contributed by atoms with van der Waals surface area (Å²) in [6, 6.07) is 7.38. The van der Waals surface area contributed by atoms with E-state index in [-0.39, 0.29) is 11.0 Å². The second-order valence-corrected chi connectivity index (χ2v) is 8.28. The first kappa shape index (κ1) is 23.2. The molecule has 0 aromatic heterocycles. The molecule has 148 valence electrons. The Hall–Kier alpha value is -1.79. The molecule has 1 aromatic rings. The molecule has 0 saturated carbocycles. The van der Waals surface area contributed by atoms with Crippen molar-refractivity contribution in [2.75, 3.05) is 28.3 Å². The Morgan fingerprint density at radius 1 is 1.00 bits per heavy atom. The molecule has 0 saturated heterocycles. The van der Waals surface area contributed by atoms with Crippen molar-refractivity contribution in [2.45, 2.75) is 20.8 Å². The van der Waals surface area contributed by atoms with Crippen LogP contribution in [0.15, 0.2) is 40.0 Å². The lowest BCUT2D eigenvalue weighted by molar-refractivity contribution is -0.144. The summed E-state index contributed by atoms with van der Waals surface area (Å²) < 4.78 is 10.2. The summed E-state index contributed by atoms with van der Waals surface area (Å²) in [7, 11) is 5.93. The number of nitrogens with zero attached hydrogens (tertiary/aromatic N) is 1. The molecule has 27 heavy (non-hydrogen) atoms. The molecule has 1 rings (SSSR count). The van der Waals surface area contributed by atoms with Gasteiger partial charge in [0.15, 0.2) is 5.57 Å². The van der Waals surface area contributed by atoms with Gasteiger partial charge >= 0.3 is 11.9 Å². The van der Waals surface area contributed by atoms with E-state index in [1.165, 1.54) is 14.2 Å². The molecule has 0 aliphatic rings. The van der Waals surface area contributed by atoms with Gasteiger partial charge < -0.3 is 14.4 Å². The van der Waals surface area contributed by atoms with Crippen molar-refractivity contribution in [1.82, 2.24) is 4.90 Å². The molecule has 7 heteroatoms. The summed E-state index contributed by atoms with van der Waals surface area (Å²) in [6.45, 7) is 6.13. The number of benzene rings is 1. The highest BCUT2D eigenvalue weighted by atomic mass is 79.9. The minimum absolute atomic E-state index is 0.187. The second-order valence-electron chi connectivity index (χ2n) is 7.05. The highest BCUT2D eigenvalue weighted by Gasteiger charge is 2.31. The summed E-state index contributed by atoms with van der Waals surface area (Å²) in [5, 5.41) is 0.622. The van der Waals surface area contributed by atoms with Crippen LogP contribution in [0.1, 0.15) is 26.3 Å². The molecule has 0 amide bonds. The number of allylic oxidation sites excluding steroid dienone is 2. The number of carbonyl (C=O) groups excluding carboxylic acids is 2. The second kappa shape index (κ2) is 9.42. The molecule has 5 nitrogen and oxygen atoms in total. The maximum absolute atomic E-state index is 12.3. The Labute approximate surface area is 174 Å². The average Bonchev–Trinajstić information content (AvgIpc) is 2.58. The lowest BCUT2D eigenvalue weighted by Gasteiger charge is -2.29. The predicted molar refractivity (Wildman–Crippen MR) is 111 cm³/mol. The summed E-state index contributed by atoms with van der Waals surface area (Å²) in [6.07, 6.45) is 0. The van der Waals surface area contributed by atoms with Crippen molar-refractivity contribution in [3.05, 3.63) is 50.6 Å². The Morgan fingerprint density at radius 3 is 1.78 bits per heavy atom. The molecular weight excluding hydrogens is 434 g/mol. The number of ether oxygens (including phenoxy) is 2. The maximum atomic E-state index is 12.3. The minimum Gasteiger partial charge on any atom is -0.465 e. The van der Waals surface area contributed by atoms with Crippen LogP contribution in [0.4, 0.5) is 0 Å². The molecule has 0 aliphatic carbocycles. The summed E-state index contributed by atoms with van der Waals surface area (Å²) in [5.41, 5.74) is 1.67. The van der Waals surface area contributed by atoms with Crippen molar-refractivity contribution in [3.8, 4) is 0 Å². The summed E-state index contributed by atoms with van der Waals surface area (Å²) in [4.78, 5) is 26.4. The van der Waals surface area contributed by atoms with E-state index in [0.717, 1.165) is 11.1 Å². The fraction of sp³-hybridized carbons (Fsp3) is 0.400. The standard InChI is InChI=1S/C20H25BrClNO4/c1-20(2,3)15(12-8-10-13(22)11-9-12)16(21)17(23(4)5)14(18(24)26-6)19(25)27-7/h8-11H,1-7H3/b16-15+. The van der Waals surface area contributed by atoms with Crippen LogP contribution in [0.2, 0.25) is 5.02 Å². The molecule has 0 spiro atoms. The number of hydrogen-bond acceptors (Lipinski definition) is 5. The van der Waals surface area contributed by atoms with Gasteiger partial charge in [0, 0.05) is 23.6 Å². The maximum Gasteiger partial charge on any atom is 0.347 e. The highest BCUT2D eigenvalue weighted by Crippen LogP contribution is 2.42. The van der Waals surface area contributed by atoms with Gasteiger partial charge in [-0.2, -0.15) is 0 Å². The van der Waals surface area contributed by atoms with Crippen molar-refractivity contribution in [3.63, 3.8) is 0 Å². The lowest BCUT2D eigenvalue weighted by Crippen LogP contribution is -2.26. The van der Waals surface area contributed by atoms with E-state index in [9.17, 15) is 9.59 Å². The van der Waals surface area contributed by atoms with E-state index in [4.69, 9.17) is 21.1 Å². The van der Waals surface area contributed by atoms with Gasteiger partial charge in [0.2, 0.25) is 0 Å². The van der Waals surface area contributed by atoms with Crippen LogP contribution in [0.5, 0.6) is 0 Å². The number of halogens is 2. The van der Waals surface area contributed by atoms with Crippen molar-refractivity contribution in [2.24, 2.45) is 5.41 Å². The monoisotopic (exact) mass is 457 g/mol. The molecule has 0 atom stereocenters. The van der Waals surface area contributed by atoms with E-state index >= 15 is 0 Å². The number of likely N-dealkylation sites (N-methyl/N-ethyl adjacent to an activating group) is 1. The van der Waals surface area contributed by atoms with Gasteiger partial charge in [-0.3, -0.25) is 0 Å². The third-order valence-corrected chi connectivity index (χ3v) is 4.80. The first-order valence-electron chi connectivity index (χ1n) is 8.20. The lowest BCUT2D eigenvalue weighted by atomic mass is 9.81. The molecule has 0 heterocycles. The van der Waals surface area contributed by atoms with Crippen LogP contribution in [0.3, 0.4) is 0 Å². The van der Waals surface area contributed by atoms with E-state index in [0.29, 0.717) is 15.2 Å². The molecular formula is C20H25BrClNO4. The van der Waals surface area contributed by atoms with Crippen molar-refractivity contribution < 1.29 is 19.1 Å². The Kier molecular flexibility index (Phi) is 8.11. The summed E-state index contributed by atoms with van der Waals surface area (Å²) in [5.74, 6) is -1.54. The fourth-order valence-corrected chi connectivity index (χ4v) is 4.14. The molecule has 0 fully saturated rings. The van der Waals surface area contributed by atoms with E-state index in [1.807, 2.05) is 32.9 Å². The number of carbonyl (C=O) groups is 2. The molecule has 0 aliphatic heterocycles. The van der Waals surface area contributed by atoms with Gasteiger partial charge in [0.25, 0.3) is 0 Å². The normalized spacial score (nSPS) is 12.0. The third kappa shape index (κ3) is 5.59. The number of methoxy groups -OCH3 is 2. The van der Waals surface area contributed by atoms with Crippen LogP contribution in [0.25, 0.3) is 5.57 Å². The van der Waals surface area contributed by atoms with Gasteiger partial charge in [0.1, 0.15) is 0 Å². The zero-order chi connectivity index (χ0) is 20.9. The largest absolute Gasteiger partial charge is 0.465 e. The fourth-order valence-electron chi connectivity index (χ4n) is 2.63. The van der Waals surface area contributed by atoms with Gasteiger partial charge in [-0.15, -0.1) is 0 Å². The third-order valence-electron chi connectivity index (χ3n) is 3.77. The van der Waals surface area contributed by atoms with E-state index < -0.39 is 11.9 Å². The average molecular weight is 459 g/mol. The zero-order valence-electron chi connectivity index (χ0n) is 16.6. The van der Waals surface area contributed by atoms with Crippen LogP contribution in [0, 0.1) is 5.41 Å². The van der Waals surface area contributed by atoms with Crippen LogP contribution >= 0.6 is 27.5 Å². The van der Waals surface area contributed by atoms with Crippen molar-refractivity contribution in [1.29, 1.82) is 0 Å². The first-order valence-corrected chi connectivity index (χ1v) is 9.37. The van der Waals surface area contributed by atoms with E-state index in [2.05, 4.69) is 15.9 Å². The van der Waals surface area contributed by atoms with Crippen molar-refractivity contribution >= 4 is 45.0 Å². The predicted octanol–water partition coefficient (Wildman–Crippen LogP) is 4.65. The van der Waals surface area contributed by atoms with Gasteiger partial charge in [-0.25, -0.2) is 9.59 Å². The number of rotatable bonds is 5. The Balaban J connectivity index is 3.95. The Bertz CT molecular complexity index is 756. The minimum atomic E-state index is -0.771. The molecule has 0 N–H and O–H groups in total. The molecule has 0 bridgehead atoms. The Morgan fingerprint density at radius 2 is 1.44 bits per heavy atom. The number of hydrogen-bond donors (Lipinski definition) is 0. The molecule has 0 unspecified atom stereocenters. The zero-order valence-corrected chi connectivity index (χ0v) is 19.0. The quantitative estimate of drug-likeness (QED) is 0.211. The molecule has 1 aromatic carbocycles. The first-order chi connectivity index (χ1) is 12.4. The number of esters is 2. The smallest absolute Gasteiger partial charge is 0.347 e. The van der Waals surface area contributed by atoms with Gasteiger partial charge in [-0.1, -0.05) is 44.5 Å². The van der Waals surface area contributed by atoms with Gasteiger partial charge in [-0.05, 0) is 44.6 Å². The van der Waals surface area contributed by atoms with E-state index in [1.54, 1.807) is 31.1 Å².